The first-order chi connectivity index (χ1) is 12.2. The minimum Gasteiger partial charge on any atom is -0.504 e. The minimum atomic E-state index is 0.115. The van der Waals surface area contributed by atoms with Crippen LogP contribution in [-0.2, 0) is 12.8 Å². The Morgan fingerprint density at radius 2 is 1.31 bits per heavy atom. The predicted molar refractivity (Wildman–Crippen MR) is 111 cm³/mol. The fourth-order valence-electron chi connectivity index (χ4n) is 3.72. The van der Waals surface area contributed by atoms with Gasteiger partial charge < -0.3 is 10.2 Å². The Labute approximate surface area is 161 Å². The van der Waals surface area contributed by atoms with Crippen molar-refractivity contribution in [2.75, 3.05) is 0 Å². The second-order valence-corrected chi connectivity index (χ2v) is 10.1. The van der Waals surface area contributed by atoms with E-state index in [4.69, 9.17) is 0 Å². The van der Waals surface area contributed by atoms with Crippen molar-refractivity contribution >= 4 is 0 Å². The Morgan fingerprint density at radius 1 is 0.808 bits per heavy atom. The minimum absolute atomic E-state index is 0.115. The largest absolute Gasteiger partial charge is 0.504 e. The molecule has 0 heterocycles. The maximum atomic E-state index is 10.3. The molecule has 1 aromatic carbocycles. The second kappa shape index (κ2) is 9.15. The molecule has 0 radical (unpaired) electrons. The number of hydrogen-bond donors (Lipinski definition) is 2. The lowest BCUT2D eigenvalue weighted by molar-refractivity contribution is 0.357. The van der Waals surface area contributed by atoms with E-state index in [1.165, 1.54) is 51.4 Å². The van der Waals surface area contributed by atoms with E-state index in [1.54, 1.807) is 0 Å². The van der Waals surface area contributed by atoms with Gasteiger partial charge in [-0.15, -0.1) is 0 Å². The van der Waals surface area contributed by atoms with Gasteiger partial charge in [-0.3, -0.25) is 0 Å². The van der Waals surface area contributed by atoms with Crippen molar-refractivity contribution in [2.24, 2.45) is 10.8 Å². The van der Waals surface area contributed by atoms with Gasteiger partial charge in [-0.2, -0.15) is 0 Å². The van der Waals surface area contributed by atoms with E-state index in [9.17, 15) is 10.2 Å². The lowest BCUT2D eigenvalue weighted by atomic mass is 9.89. The fourth-order valence-corrected chi connectivity index (χ4v) is 3.72. The molecule has 0 spiro atoms. The van der Waals surface area contributed by atoms with Crippen LogP contribution in [0.1, 0.15) is 103 Å². The molecule has 0 aromatic heterocycles. The molecule has 1 aliphatic rings. The summed E-state index contributed by atoms with van der Waals surface area (Å²) in [5.41, 5.74) is 2.84. The zero-order valence-corrected chi connectivity index (χ0v) is 17.5. The third-order valence-corrected chi connectivity index (χ3v) is 6.02. The van der Waals surface area contributed by atoms with E-state index in [2.05, 4.69) is 27.7 Å². The number of aromatic hydroxyl groups is 2. The maximum absolute atomic E-state index is 10.3. The van der Waals surface area contributed by atoms with Crippen LogP contribution < -0.4 is 0 Å². The summed E-state index contributed by atoms with van der Waals surface area (Å²) < 4.78 is 0. The Bertz CT molecular complexity index is 524. The van der Waals surface area contributed by atoms with E-state index in [1.807, 2.05) is 12.1 Å². The normalized spacial score (nSPS) is 16.0. The number of phenolic OH excluding ortho intramolecular Hbond substituents is 2. The molecule has 2 N–H and O–H groups in total. The standard InChI is InChI=1S/C24H40O2/c1-23(2,3)15-9-5-7-11-19-13-14-20(22(26)21(19)25)12-8-6-10-16-24(4)17-18-24/h13-14,25-26H,5-12,15-18H2,1-4H3. The van der Waals surface area contributed by atoms with Gasteiger partial charge in [0.15, 0.2) is 11.5 Å². The number of aryl methyl sites for hydroxylation is 2. The molecule has 0 bridgehead atoms. The van der Waals surface area contributed by atoms with Crippen molar-refractivity contribution in [2.45, 2.75) is 105 Å². The van der Waals surface area contributed by atoms with Gasteiger partial charge in [0.25, 0.3) is 0 Å². The highest BCUT2D eigenvalue weighted by Crippen LogP contribution is 2.49. The Kier molecular flexibility index (Phi) is 7.43. The van der Waals surface area contributed by atoms with Crippen molar-refractivity contribution in [1.29, 1.82) is 0 Å². The molecule has 1 aromatic rings. The molecule has 0 saturated heterocycles. The summed E-state index contributed by atoms with van der Waals surface area (Å²) in [6.07, 6.45) is 14.2. The van der Waals surface area contributed by atoms with Gasteiger partial charge in [0, 0.05) is 0 Å². The summed E-state index contributed by atoms with van der Waals surface area (Å²) in [6, 6.07) is 4.03. The highest BCUT2D eigenvalue weighted by Gasteiger charge is 2.35. The molecule has 1 fully saturated rings. The summed E-state index contributed by atoms with van der Waals surface area (Å²) in [5.74, 6) is 0.232. The van der Waals surface area contributed by atoms with Gasteiger partial charge in [0.2, 0.25) is 0 Å². The summed E-state index contributed by atoms with van der Waals surface area (Å²) in [6.45, 7) is 9.23. The average molecular weight is 361 g/mol. The van der Waals surface area contributed by atoms with Gasteiger partial charge in [-0.25, -0.2) is 0 Å². The smallest absolute Gasteiger partial charge is 0.160 e. The van der Waals surface area contributed by atoms with E-state index in [-0.39, 0.29) is 11.5 Å². The van der Waals surface area contributed by atoms with Crippen molar-refractivity contribution in [3.8, 4) is 11.5 Å². The van der Waals surface area contributed by atoms with Crippen LogP contribution in [-0.4, -0.2) is 10.2 Å². The van der Waals surface area contributed by atoms with Crippen molar-refractivity contribution in [3.05, 3.63) is 23.3 Å². The first-order valence-electron chi connectivity index (χ1n) is 10.7. The zero-order valence-electron chi connectivity index (χ0n) is 17.5. The summed E-state index contributed by atoms with van der Waals surface area (Å²) in [4.78, 5) is 0. The van der Waals surface area contributed by atoms with Gasteiger partial charge in [0.1, 0.15) is 0 Å². The quantitative estimate of drug-likeness (QED) is 0.325. The predicted octanol–water partition coefficient (Wildman–Crippen LogP) is 7.15. The Balaban J connectivity index is 1.70. The Hall–Kier alpha value is -1.18. The number of phenols is 2. The number of hydrogen-bond acceptors (Lipinski definition) is 2. The molecule has 148 valence electrons. The number of benzene rings is 1. The van der Waals surface area contributed by atoms with E-state index >= 15 is 0 Å². The molecule has 1 saturated carbocycles. The summed E-state index contributed by atoms with van der Waals surface area (Å²) in [7, 11) is 0. The maximum Gasteiger partial charge on any atom is 0.160 e. The third kappa shape index (κ3) is 7.21. The van der Waals surface area contributed by atoms with Gasteiger partial charge in [0.05, 0.1) is 0 Å². The topological polar surface area (TPSA) is 40.5 Å². The molecular weight excluding hydrogens is 320 g/mol. The van der Waals surface area contributed by atoms with Crippen molar-refractivity contribution in [3.63, 3.8) is 0 Å². The van der Waals surface area contributed by atoms with E-state index in [0.29, 0.717) is 10.8 Å². The van der Waals surface area contributed by atoms with E-state index in [0.717, 1.165) is 36.8 Å². The second-order valence-electron chi connectivity index (χ2n) is 10.1. The van der Waals surface area contributed by atoms with Gasteiger partial charge >= 0.3 is 0 Å². The van der Waals surface area contributed by atoms with Crippen LogP contribution in [0, 0.1) is 10.8 Å². The first kappa shape index (κ1) is 21.1. The SMILES string of the molecule is CC(C)(C)CCCCCc1ccc(CCCCCC2(C)CC2)c(O)c1O. The monoisotopic (exact) mass is 360 g/mol. The lowest BCUT2D eigenvalue weighted by Gasteiger charge is -2.17. The van der Waals surface area contributed by atoms with Crippen LogP contribution >= 0.6 is 0 Å². The van der Waals surface area contributed by atoms with Crippen molar-refractivity contribution < 1.29 is 10.2 Å². The highest BCUT2D eigenvalue weighted by molar-refractivity contribution is 5.50. The molecule has 2 rings (SSSR count). The van der Waals surface area contributed by atoms with Crippen LogP contribution in [0.15, 0.2) is 12.1 Å². The van der Waals surface area contributed by atoms with Crippen molar-refractivity contribution in [1.82, 2.24) is 0 Å². The fraction of sp³-hybridized carbons (Fsp3) is 0.750. The first-order valence-corrected chi connectivity index (χ1v) is 10.7. The highest BCUT2D eigenvalue weighted by atomic mass is 16.3. The number of unbranched alkanes of at least 4 members (excludes halogenated alkanes) is 4. The molecule has 0 unspecified atom stereocenters. The molecular formula is C24H40O2. The van der Waals surface area contributed by atoms with Crippen LogP contribution in [0.3, 0.4) is 0 Å². The van der Waals surface area contributed by atoms with Crippen LogP contribution in [0.2, 0.25) is 0 Å². The zero-order chi connectivity index (χ0) is 19.2. The average Bonchev–Trinajstić information content (AvgIpc) is 3.29. The van der Waals surface area contributed by atoms with Crippen LogP contribution in [0.5, 0.6) is 11.5 Å². The lowest BCUT2D eigenvalue weighted by Crippen LogP contribution is -2.04. The van der Waals surface area contributed by atoms with Crippen LogP contribution in [0.4, 0.5) is 0 Å². The van der Waals surface area contributed by atoms with Gasteiger partial charge in [-0.1, -0.05) is 65.5 Å². The summed E-state index contributed by atoms with van der Waals surface area (Å²) in [5, 5.41) is 20.7. The third-order valence-electron chi connectivity index (χ3n) is 6.02. The van der Waals surface area contributed by atoms with E-state index < -0.39 is 0 Å². The molecule has 26 heavy (non-hydrogen) atoms. The Morgan fingerprint density at radius 3 is 1.77 bits per heavy atom. The van der Waals surface area contributed by atoms with Gasteiger partial charge in [-0.05, 0) is 73.3 Å². The van der Waals surface area contributed by atoms with Crippen LogP contribution in [0.25, 0.3) is 0 Å². The number of rotatable bonds is 11. The molecule has 2 heteroatoms. The molecule has 0 atom stereocenters. The molecule has 2 nitrogen and oxygen atoms in total. The molecule has 0 aliphatic heterocycles. The molecule has 0 amide bonds. The summed E-state index contributed by atoms with van der Waals surface area (Å²) >= 11 is 0. The molecule has 1 aliphatic carbocycles.